The van der Waals surface area contributed by atoms with E-state index in [0.29, 0.717) is 0 Å². The van der Waals surface area contributed by atoms with Crippen LogP contribution in [0.2, 0.25) is 0 Å². The van der Waals surface area contributed by atoms with Gasteiger partial charge in [-0.1, -0.05) is 0 Å². The summed E-state index contributed by atoms with van der Waals surface area (Å²) in [6.45, 7) is -1.82. The lowest BCUT2D eigenvalue weighted by molar-refractivity contribution is 0.0956. The van der Waals surface area contributed by atoms with Crippen LogP contribution in [-0.4, -0.2) is 86.7 Å². The number of rotatable bonds is 5. The second-order valence-corrected chi connectivity index (χ2v) is 10.1. The molecule has 2 amide bonds. The molecule has 0 unspecified atom stereocenters. The van der Waals surface area contributed by atoms with Crippen LogP contribution in [0.15, 0.2) is 24.3 Å². The summed E-state index contributed by atoms with van der Waals surface area (Å²) in [5, 5.41) is 92.2. The van der Waals surface area contributed by atoms with Crippen molar-refractivity contribution in [3.05, 3.63) is 46.5 Å². The smallest absolute Gasteiger partial charge is 0.253 e. The summed E-state index contributed by atoms with van der Waals surface area (Å²) in [5.41, 5.74) is -4.17. The van der Waals surface area contributed by atoms with E-state index in [1.807, 2.05) is 0 Å². The van der Waals surface area contributed by atoms with Gasteiger partial charge in [-0.2, -0.15) is 0 Å². The maximum atomic E-state index is 12.6. The van der Waals surface area contributed by atoms with Gasteiger partial charge in [0.15, 0.2) is 11.5 Å². The van der Waals surface area contributed by atoms with Gasteiger partial charge in [0.25, 0.3) is 11.8 Å². The number of fused-ring (bicyclic) bond motifs is 4. The molecule has 16 nitrogen and oxygen atoms in total. The van der Waals surface area contributed by atoms with Crippen LogP contribution in [0.3, 0.4) is 0 Å². The Hall–Kier alpha value is -6.26. The maximum Gasteiger partial charge on any atom is 0.253 e. The van der Waals surface area contributed by atoms with Crippen molar-refractivity contribution in [2.75, 3.05) is 14.1 Å². The molecule has 0 aliphatic carbocycles. The molecule has 0 atom stereocenters. The number of aliphatic hydroxyl groups is 2. The third kappa shape index (κ3) is 4.08. The van der Waals surface area contributed by atoms with Gasteiger partial charge in [-0.3, -0.25) is 9.59 Å². The first-order valence-electron chi connectivity index (χ1n) is 13.4. The number of phenols is 6. The number of phenolic OH excluding ortho intramolecular Hbond substituents is 4. The van der Waals surface area contributed by atoms with E-state index in [4.69, 9.17) is 0 Å². The Bertz CT molecular complexity index is 2160. The summed E-state index contributed by atoms with van der Waals surface area (Å²) in [4.78, 5) is 42.3. The van der Waals surface area contributed by atoms with Gasteiger partial charge in [-0.15, -0.1) is 0 Å². The normalized spacial score (nSPS) is 11.5. The van der Waals surface area contributed by atoms with Crippen LogP contribution < -0.4 is 10.6 Å². The minimum Gasteiger partial charge on any atom is -0.507 e. The quantitative estimate of drug-likeness (QED) is 0.121. The van der Waals surface area contributed by atoms with E-state index in [0.717, 1.165) is 0 Å². The fourth-order valence-electron chi connectivity index (χ4n) is 5.39. The minimum absolute atomic E-state index is 0.0411. The molecule has 6 aromatic rings. The largest absolute Gasteiger partial charge is 0.507 e. The van der Waals surface area contributed by atoms with Gasteiger partial charge in [-0.25, -0.2) is 19.9 Å². The molecule has 0 aliphatic heterocycles. The Labute approximate surface area is 256 Å². The summed E-state index contributed by atoms with van der Waals surface area (Å²) in [6.07, 6.45) is 0. The zero-order valence-electron chi connectivity index (χ0n) is 23.9. The lowest BCUT2D eigenvalue weighted by Gasteiger charge is -2.19. The third-order valence-electron chi connectivity index (χ3n) is 7.65. The van der Waals surface area contributed by atoms with Gasteiger partial charge in [0.1, 0.15) is 67.1 Å². The molecule has 0 saturated heterocycles. The Morgan fingerprint density at radius 3 is 1.20 bits per heavy atom. The molecule has 46 heavy (non-hydrogen) atoms. The van der Waals surface area contributed by atoms with Crippen LogP contribution in [0.25, 0.3) is 55.3 Å². The Kier molecular flexibility index (Phi) is 6.94. The number of nitrogens with one attached hydrogen (secondary N) is 2. The van der Waals surface area contributed by atoms with Crippen molar-refractivity contribution in [3.8, 4) is 45.6 Å². The van der Waals surface area contributed by atoms with Crippen LogP contribution in [0.4, 0.5) is 0 Å². The van der Waals surface area contributed by atoms with Gasteiger partial charge in [0.05, 0.1) is 35.5 Å². The van der Waals surface area contributed by atoms with Crippen LogP contribution >= 0.6 is 0 Å². The van der Waals surface area contributed by atoms with E-state index in [9.17, 15) is 50.4 Å². The topological polar surface area (TPSA) is 272 Å². The molecule has 10 N–H and O–H groups in total. The molecule has 0 bridgehead atoms. The number of nitrogens with zero attached hydrogens (tertiary/aromatic N) is 4. The molecule has 4 aromatic carbocycles. The van der Waals surface area contributed by atoms with Crippen molar-refractivity contribution >= 4 is 55.9 Å². The maximum absolute atomic E-state index is 12.6. The number of aliphatic hydroxyl groups excluding tert-OH is 2. The molecule has 0 spiro atoms. The average molecular weight is 629 g/mol. The van der Waals surface area contributed by atoms with Crippen molar-refractivity contribution in [3.63, 3.8) is 0 Å². The Morgan fingerprint density at radius 1 is 0.522 bits per heavy atom. The minimum atomic E-state index is -0.910. The molecular formula is C30H24N6O10. The van der Waals surface area contributed by atoms with E-state index >= 15 is 0 Å². The van der Waals surface area contributed by atoms with E-state index in [1.165, 1.54) is 38.4 Å². The van der Waals surface area contributed by atoms with E-state index in [1.54, 1.807) is 0 Å². The number of hydrogen-bond donors (Lipinski definition) is 10. The van der Waals surface area contributed by atoms with E-state index < -0.39 is 81.7 Å². The van der Waals surface area contributed by atoms with Crippen LogP contribution in [0.5, 0.6) is 34.5 Å². The second kappa shape index (κ2) is 10.7. The predicted molar refractivity (Wildman–Crippen MR) is 162 cm³/mol. The molecule has 0 aliphatic rings. The summed E-state index contributed by atoms with van der Waals surface area (Å²) >= 11 is 0. The van der Waals surface area contributed by atoms with Gasteiger partial charge < -0.3 is 51.5 Å². The zero-order chi connectivity index (χ0) is 33.2. The lowest BCUT2D eigenvalue weighted by Crippen LogP contribution is -2.18. The molecular weight excluding hydrogens is 604 g/mol. The molecule has 2 aromatic heterocycles. The number of aromatic nitrogens is 4. The SMILES string of the molecule is CNC(=O)c1ccc(O)c2nc3c(CO)c(O)c(-c4c(O)c(CO)c5nc6c(O)ccc(C(=O)NC)c6nc5c4O)c(O)c3nc12. The number of carbonyl (C=O) groups is 2. The molecule has 0 fully saturated rings. The first-order valence-corrected chi connectivity index (χ1v) is 13.4. The van der Waals surface area contributed by atoms with E-state index in [-0.39, 0.29) is 55.4 Å². The highest BCUT2D eigenvalue weighted by molar-refractivity contribution is 6.11. The van der Waals surface area contributed by atoms with Crippen molar-refractivity contribution < 1.29 is 50.4 Å². The third-order valence-corrected chi connectivity index (χ3v) is 7.65. The lowest BCUT2D eigenvalue weighted by atomic mass is 9.93. The zero-order valence-corrected chi connectivity index (χ0v) is 23.9. The fourth-order valence-corrected chi connectivity index (χ4v) is 5.39. The average Bonchev–Trinajstić information content (AvgIpc) is 3.05. The highest BCUT2D eigenvalue weighted by atomic mass is 16.3. The van der Waals surface area contributed by atoms with Crippen LogP contribution in [0, 0.1) is 0 Å². The molecule has 0 saturated carbocycles. The van der Waals surface area contributed by atoms with Gasteiger partial charge in [0.2, 0.25) is 0 Å². The van der Waals surface area contributed by atoms with Crippen molar-refractivity contribution in [2.45, 2.75) is 13.2 Å². The summed E-state index contributed by atoms with van der Waals surface area (Å²) in [5.74, 6) is -5.49. The predicted octanol–water partition coefficient (Wildman–Crippen LogP) is 1.48. The van der Waals surface area contributed by atoms with Crippen molar-refractivity contribution in [1.29, 1.82) is 0 Å². The number of benzene rings is 4. The summed E-state index contributed by atoms with van der Waals surface area (Å²) < 4.78 is 0. The van der Waals surface area contributed by atoms with Gasteiger partial charge >= 0.3 is 0 Å². The monoisotopic (exact) mass is 628 g/mol. The first kappa shape index (κ1) is 29.8. The molecule has 2 heterocycles. The van der Waals surface area contributed by atoms with E-state index in [2.05, 4.69) is 30.6 Å². The standard InChI is InChI=1S/C30H24N6O10/c1-31-29(45)9-3-5-13(39)21-17(9)35-23-19(33-21)11(7-37)25(41)15(27(23)43)16-26(42)12(8-38)20-24(28(16)44)36-18-10(30(46)32-2)4-6-14(40)22(18)34-20/h3-6,37-44H,7-8H2,1-2H3,(H,31,45)(H,32,46). The Morgan fingerprint density at radius 2 is 0.870 bits per heavy atom. The van der Waals surface area contributed by atoms with Gasteiger partial charge in [-0.05, 0) is 24.3 Å². The number of hydrogen-bond acceptors (Lipinski definition) is 14. The molecule has 234 valence electrons. The fraction of sp³-hybridized carbons (Fsp3) is 0.133. The molecule has 0 radical (unpaired) electrons. The second-order valence-electron chi connectivity index (χ2n) is 10.1. The molecule has 16 heteroatoms. The first-order chi connectivity index (χ1) is 22.0. The van der Waals surface area contributed by atoms with Crippen LogP contribution in [0.1, 0.15) is 31.8 Å². The highest BCUT2D eigenvalue weighted by Crippen LogP contribution is 2.54. The number of aromatic hydroxyl groups is 6. The summed E-state index contributed by atoms with van der Waals surface area (Å²) in [6, 6.07) is 4.93. The van der Waals surface area contributed by atoms with Crippen molar-refractivity contribution in [2.24, 2.45) is 0 Å². The van der Waals surface area contributed by atoms with Crippen molar-refractivity contribution in [1.82, 2.24) is 30.6 Å². The molecule has 6 rings (SSSR count). The van der Waals surface area contributed by atoms with Gasteiger partial charge in [0, 0.05) is 25.2 Å². The Balaban J connectivity index is 1.78. The van der Waals surface area contributed by atoms with Crippen LogP contribution in [-0.2, 0) is 13.2 Å². The number of amides is 2. The summed E-state index contributed by atoms with van der Waals surface area (Å²) in [7, 11) is 2.73. The number of carbonyl (C=O) groups excluding carboxylic acids is 2. The highest BCUT2D eigenvalue weighted by Gasteiger charge is 2.31.